The molecule has 0 unspecified atom stereocenters. The summed E-state index contributed by atoms with van der Waals surface area (Å²) in [6.45, 7) is 0.0691. The number of nitrogen functional groups attached to an aromatic ring is 1. The van der Waals surface area contributed by atoms with Gasteiger partial charge in [-0.15, -0.1) is 0 Å². The van der Waals surface area contributed by atoms with Crippen LogP contribution in [0.5, 0.6) is 0 Å². The van der Waals surface area contributed by atoms with Gasteiger partial charge in [0.1, 0.15) is 24.3 Å². The van der Waals surface area contributed by atoms with Crippen molar-refractivity contribution >= 4 is 24.7 Å². The van der Waals surface area contributed by atoms with Gasteiger partial charge in [0, 0.05) is 12.4 Å². The van der Waals surface area contributed by atoms with Crippen LogP contribution in [0.25, 0.3) is 0 Å². The van der Waals surface area contributed by atoms with E-state index in [1.807, 2.05) is 5.97 Å². The van der Waals surface area contributed by atoms with Gasteiger partial charge in [0.05, 0.1) is 19.4 Å². The quantitative estimate of drug-likeness (QED) is 0.552. The molecule has 1 aromatic heterocycles. The van der Waals surface area contributed by atoms with Gasteiger partial charge in [-0.2, -0.15) is 0 Å². The molecule has 0 bridgehead atoms. The fraction of sp³-hybridized carbons (Fsp3) is 0.545. The maximum Gasteiger partial charge on any atom is 0.388 e. The van der Waals surface area contributed by atoms with Crippen LogP contribution in [0.15, 0.2) is 6.33 Å². The monoisotopic (exact) mass is 289 g/mol. The number of aromatic nitrogens is 2. The van der Waals surface area contributed by atoms with Gasteiger partial charge < -0.3 is 30.4 Å². The first-order valence-corrected chi connectivity index (χ1v) is 6.46. The van der Waals surface area contributed by atoms with Gasteiger partial charge in [-0.05, 0) is 0 Å². The summed E-state index contributed by atoms with van der Waals surface area (Å²) >= 11 is 0. The molecule has 109 valence electrons. The maximum atomic E-state index is 9.85. The Morgan fingerprint density at radius 2 is 2.38 bits per heavy atom. The largest absolute Gasteiger partial charge is 0.394 e. The standard InChI is InChI=1S/C11H14BN6O3/c13-3-12-18-5-17(8-1-6(20)7(2-19)21-8)11-9(18)10(14)15-4-16-11/h4,6-8,19-20H,1-2,5H2,(H2,14,15,16)/t6-,7+,8+/m0/s1. The van der Waals surface area contributed by atoms with E-state index < -0.39 is 18.4 Å². The van der Waals surface area contributed by atoms with Gasteiger partial charge >= 0.3 is 7.41 Å². The minimum absolute atomic E-state index is 0.252. The van der Waals surface area contributed by atoms with E-state index >= 15 is 0 Å². The van der Waals surface area contributed by atoms with E-state index in [0.29, 0.717) is 24.6 Å². The number of fused-ring (bicyclic) bond motifs is 1. The van der Waals surface area contributed by atoms with Crippen molar-refractivity contribution in [1.29, 1.82) is 5.26 Å². The van der Waals surface area contributed by atoms with Crippen LogP contribution in [0.1, 0.15) is 6.42 Å². The van der Waals surface area contributed by atoms with Crippen LogP contribution < -0.4 is 15.4 Å². The van der Waals surface area contributed by atoms with Crippen molar-refractivity contribution in [3.63, 3.8) is 0 Å². The third-order valence-corrected chi connectivity index (χ3v) is 3.64. The van der Waals surface area contributed by atoms with Gasteiger partial charge in [-0.3, -0.25) is 0 Å². The highest BCUT2D eigenvalue weighted by atomic mass is 16.5. The van der Waals surface area contributed by atoms with Crippen LogP contribution in [0.3, 0.4) is 0 Å². The second-order valence-electron chi connectivity index (χ2n) is 4.89. The number of nitriles is 1. The summed E-state index contributed by atoms with van der Waals surface area (Å²) in [5, 5.41) is 27.9. The number of aliphatic hydroxyl groups excluding tert-OH is 2. The summed E-state index contributed by atoms with van der Waals surface area (Å²) in [7, 11) is 1.33. The van der Waals surface area contributed by atoms with E-state index in [1.165, 1.54) is 13.7 Å². The van der Waals surface area contributed by atoms with Crippen molar-refractivity contribution in [1.82, 2.24) is 9.97 Å². The molecule has 2 aliphatic heterocycles. The Balaban J connectivity index is 1.90. The van der Waals surface area contributed by atoms with Gasteiger partial charge in [-0.1, -0.05) is 0 Å². The van der Waals surface area contributed by atoms with E-state index in [9.17, 15) is 5.11 Å². The zero-order valence-corrected chi connectivity index (χ0v) is 11.1. The van der Waals surface area contributed by atoms with E-state index in [-0.39, 0.29) is 12.4 Å². The Morgan fingerprint density at radius 3 is 3.05 bits per heavy atom. The molecule has 4 N–H and O–H groups in total. The molecule has 9 nitrogen and oxygen atoms in total. The zero-order chi connectivity index (χ0) is 15.0. The lowest BCUT2D eigenvalue weighted by Gasteiger charge is -2.25. The summed E-state index contributed by atoms with van der Waals surface area (Å²) in [5.74, 6) is 2.77. The molecule has 1 saturated heterocycles. The Morgan fingerprint density at radius 1 is 1.57 bits per heavy atom. The number of hydrogen-bond acceptors (Lipinski definition) is 9. The Bertz CT molecular complexity index is 582. The number of rotatable bonds is 3. The second-order valence-corrected chi connectivity index (χ2v) is 4.89. The molecule has 1 fully saturated rings. The van der Waals surface area contributed by atoms with Gasteiger partial charge in [0.15, 0.2) is 11.6 Å². The minimum atomic E-state index is -0.739. The van der Waals surface area contributed by atoms with Crippen LogP contribution in [0.4, 0.5) is 17.3 Å². The number of hydrogen-bond donors (Lipinski definition) is 3. The lowest BCUT2D eigenvalue weighted by molar-refractivity contribution is -0.0219. The molecular formula is C11H14BN6O3. The highest BCUT2D eigenvalue weighted by Gasteiger charge is 2.42. The number of nitrogens with two attached hydrogens (primary N) is 1. The van der Waals surface area contributed by atoms with Crippen molar-refractivity contribution in [2.45, 2.75) is 24.9 Å². The van der Waals surface area contributed by atoms with Gasteiger partial charge in [0.25, 0.3) is 0 Å². The van der Waals surface area contributed by atoms with Gasteiger partial charge in [-0.25, -0.2) is 15.2 Å². The van der Waals surface area contributed by atoms with Crippen molar-refractivity contribution in [3.05, 3.63) is 6.33 Å². The molecule has 0 amide bonds. The highest BCUT2D eigenvalue weighted by molar-refractivity contribution is 6.51. The maximum absolute atomic E-state index is 9.85. The number of aliphatic hydroxyl groups is 2. The van der Waals surface area contributed by atoms with Crippen LogP contribution in [0, 0.1) is 11.2 Å². The van der Waals surface area contributed by atoms with Crippen molar-refractivity contribution in [3.8, 4) is 5.97 Å². The van der Waals surface area contributed by atoms with E-state index in [1.54, 1.807) is 9.71 Å². The molecule has 0 spiro atoms. The topological polar surface area (TPSA) is 132 Å². The predicted molar refractivity (Wildman–Crippen MR) is 74.0 cm³/mol. The second kappa shape index (κ2) is 5.36. The average molecular weight is 289 g/mol. The molecule has 1 radical (unpaired) electrons. The van der Waals surface area contributed by atoms with Crippen molar-refractivity contribution in [2.24, 2.45) is 0 Å². The molecule has 1 aromatic rings. The lowest BCUT2D eigenvalue weighted by atomic mass is 9.95. The van der Waals surface area contributed by atoms with E-state index in [4.69, 9.17) is 20.8 Å². The number of nitrogens with zero attached hydrogens (tertiary/aromatic N) is 5. The third-order valence-electron chi connectivity index (χ3n) is 3.64. The molecule has 0 aliphatic carbocycles. The molecule has 10 heteroatoms. The lowest BCUT2D eigenvalue weighted by Crippen LogP contribution is -2.40. The molecule has 0 saturated carbocycles. The average Bonchev–Trinajstić information content (AvgIpc) is 3.01. The van der Waals surface area contributed by atoms with Crippen LogP contribution in [0.2, 0.25) is 0 Å². The summed E-state index contributed by atoms with van der Waals surface area (Å²) < 4.78 is 5.63. The molecule has 3 heterocycles. The first kappa shape index (κ1) is 13.9. The normalized spacial score (nSPS) is 27.6. The van der Waals surface area contributed by atoms with E-state index in [0.717, 1.165) is 0 Å². The fourth-order valence-corrected chi connectivity index (χ4v) is 2.64. The van der Waals surface area contributed by atoms with Crippen molar-refractivity contribution in [2.75, 3.05) is 28.7 Å². The number of ether oxygens (including phenoxy) is 1. The zero-order valence-electron chi connectivity index (χ0n) is 11.1. The van der Waals surface area contributed by atoms with Crippen LogP contribution >= 0.6 is 0 Å². The highest BCUT2D eigenvalue weighted by Crippen LogP contribution is 2.40. The summed E-state index contributed by atoms with van der Waals surface area (Å²) in [5.41, 5.74) is 6.40. The van der Waals surface area contributed by atoms with Crippen LogP contribution in [-0.2, 0) is 4.74 Å². The Kier molecular flexibility index (Phi) is 3.54. The summed E-state index contributed by atoms with van der Waals surface area (Å²) in [6, 6.07) is 0. The fourth-order valence-electron chi connectivity index (χ4n) is 2.64. The molecule has 3 atom stereocenters. The Hall–Kier alpha value is -2.09. The van der Waals surface area contributed by atoms with E-state index in [2.05, 4.69) is 9.97 Å². The first-order chi connectivity index (χ1) is 10.2. The SMILES string of the molecule is N#C[B]N1CN([C@H]2C[C@H](O)[C@@H](CO)O2)c2ncnc(N)c21. The van der Waals surface area contributed by atoms with Crippen molar-refractivity contribution < 1.29 is 14.9 Å². The molecule has 2 aliphatic rings. The Labute approximate surface area is 121 Å². The predicted octanol–water partition coefficient (Wildman–Crippen LogP) is -1.79. The van der Waals surface area contributed by atoms with Gasteiger partial charge in [0.2, 0.25) is 0 Å². The third kappa shape index (κ3) is 2.25. The minimum Gasteiger partial charge on any atom is -0.394 e. The summed E-state index contributed by atoms with van der Waals surface area (Å²) in [4.78, 5) is 11.5. The molecule has 3 rings (SSSR count). The smallest absolute Gasteiger partial charge is 0.388 e. The molecule has 21 heavy (non-hydrogen) atoms. The molecular weight excluding hydrogens is 275 g/mol. The molecule has 0 aromatic carbocycles. The summed E-state index contributed by atoms with van der Waals surface area (Å²) in [6.07, 6.45) is -0.119. The number of anilines is 3. The van der Waals surface area contributed by atoms with Crippen LogP contribution in [-0.4, -0.2) is 59.3 Å². The first-order valence-electron chi connectivity index (χ1n) is 6.46.